The molecule has 1 aromatic carbocycles. The second-order valence-corrected chi connectivity index (χ2v) is 7.78. The predicted octanol–water partition coefficient (Wildman–Crippen LogP) is 3.61. The molecule has 0 bridgehead atoms. The summed E-state index contributed by atoms with van der Waals surface area (Å²) in [6.07, 6.45) is 5.09. The van der Waals surface area contributed by atoms with Crippen molar-refractivity contribution in [2.24, 2.45) is 0 Å². The molecular weight excluding hydrogens is 412 g/mol. The molecule has 1 aromatic heterocycles. The van der Waals surface area contributed by atoms with E-state index in [1.165, 1.54) is 12.8 Å². The van der Waals surface area contributed by atoms with Crippen molar-refractivity contribution in [2.45, 2.75) is 32.7 Å². The number of rotatable bonds is 9. The highest BCUT2D eigenvalue weighted by Gasteiger charge is 2.18. The van der Waals surface area contributed by atoms with Gasteiger partial charge in [0, 0.05) is 31.5 Å². The fourth-order valence-corrected chi connectivity index (χ4v) is 3.46. The van der Waals surface area contributed by atoms with Crippen LogP contribution in [0.25, 0.3) is 0 Å². The van der Waals surface area contributed by atoms with Crippen molar-refractivity contribution in [1.29, 1.82) is 0 Å². The third-order valence-corrected chi connectivity index (χ3v) is 5.17. The molecule has 8 heteroatoms. The van der Waals surface area contributed by atoms with Crippen LogP contribution in [0, 0.1) is 0 Å². The molecule has 0 unspecified atom stereocenters. The van der Waals surface area contributed by atoms with Gasteiger partial charge in [0.15, 0.2) is 5.11 Å². The molecule has 0 spiro atoms. The Labute approximate surface area is 189 Å². The van der Waals surface area contributed by atoms with Crippen LogP contribution in [-0.4, -0.2) is 53.8 Å². The number of hydrogen-bond donors (Lipinski definition) is 2. The minimum absolute atomic E-state index is 0.239. The molecule has 1 saturated heterocycles. The summed E-state index contributed by atoms with van der Waals surface area (Å²) in [5, 5.41) is 6.03. The van der Waals surface area contributed by atoms with Gasteiger partial charge in [-0.3, -0.25) is 20.0 Å². The average molecular weight is 443 g/mol. The van der Waals surface area contributed by atoms with Gasteiger partial charge in [-0.15, -0.1) is 0 Å². The van der Waals surface area contributed by atoms with E-state index >= 15 is 0 Å². The van der Waals surface area contributed by atoms with Crippen molar-refractivity contribution in [3.63, 3.8) is 0 Å². The van der Waals surface area contributed by atoms with Gasteiger partial charge < -0.3 is 14.8 Å². The van der Waals surface area contributed by atoms with Gasteiger partial charge in [0.05, 0.1) is 31.1 Å². The lowest BCUT2D eigenvalue weighted by Crippen LogP contribution is -2.38. The maximum atomic E-state index is 12.8. The number of morpholine rings is 1. The van der Waals surface area contributed by atoms with Crippen molar-refractivity contribution in [1.82, 2.24) is 15.2 Å². The molecule has 3 rings (SSSR count). The molecule has 2 heterocycles. The van der Waals surface area contributed by atoms with Crippen molar-refractivity contribution < 1.29 is 14.3 Å². The number of carbonyl (C=O) groups excluding carboxylic acids is 1. The van der Waals surface area contributed by atoms with E-state index in [4.69, 9.17) is 21.7 Å². The highest BCUT2D eigenvalue weighted by atomic mass is 32.1. The van der Waals surface area contributed by atoms with Crippen LogP contribution in [0.5, 0.6) is 5.75 Å². The number of nitrogens with one attached hydrogen (secondary N) is 2. The Morgan fingerprint density at radius 1 is 1.19 bits per heavy atom. The number of carbonyl (C=O) groups is 1. The third-order valence-electron chi connectivity index (χ3n) is 4.97. The maximum absolute atomic E-state index is 12.8. The first-order valence-corrected chi connectivity index (χ1v) is 11.2. The van der Waals surface area contributed by atoms with Crippen LogP contribution in [0.3, 0.4) is 0 Å². The lowest BCUT2D eigenvalue weighted by Gasteiger charge is -2.26. The van der Waals surface area contributed by atoms with Gasteiger partial charge in [0.2, 0.25) is 0 Å². The predicted molar refractivity (Wildman–Crippen MR) is 125 cm³/mol. The number of thiocarbonyl (C=S) groups is 1. The number of nitrogens with zero attached hydrogens (tertiary/aromatic N) is 2. The Kier molecular flexibility index (Phi) is 9.20. The van der Waals surface area contributed by atoms with Crippen LogP contribution in [0.4, 0.5) is 5.69 Å². The zero-order chi connectivity index (χ0) is 21.9. The van der Waals surface area contributed by atoms with E-state index in [-0.39, 0.29) is 11.0 Å². The third kappa shape index (κ3) is 7.57. The molecule has 0 atom stereocenters. The van der Waals surface area contributed by atoms with E-state index in [1.54, 1.807) is 18.3 Å². The van der Waals surface area contributed by atoms with E-state index in [0.29, 0.717) is 31.9 Å². The Hall–Kier alpha value is -2.55. The SMILES string of the molecule is CCCCCOc1ccc(NC(=S)NC(=O)c2cccnc2CN2CCOCC2)cc1. The van der Waals surface area contributed by atoms with Gasteiger partial charge in [-0.05, 0) is 55.0 Å². The van der Waals surface area contributed by atoms with Crippen LogP contribution in [0.15, 0.2) is 42.6 Å². The topological polar surface area (TPSA) is 75.7 Å². The summed E-state index contributed by atoms with van der Waals surface area (Å²) in [6, 6.07) is 11.1. The summed E-state index contributed by atoms with van der Waals surface area (Å²) >= 11 is 5.33. The summed E-state index contributed by atoms with van der Waals surface area (Å²) in [4.78, 5) is 19.4. The van der Waals surface area contributed by atoms with Gasteiger partial charge in [-0.2, -0.15) is 0 Å². The van der Waals surface area contributed by atoms with E-state index < -0.39 is 0 Å². The summed E-state index contributed by atoms with van der Waals surface area (Å²) in [5.41, 5.74) is 2.04. The van der Waals surface area contributed by atoms with Gasteiger partial charge >= 0.3 is 0 Å². The summed E-state index contributed by atoms with van der Waals surface area (Å²) in [7, 11) is 0. The molecule has 1 aliphatic rings. The number of amides is 1. The van der Waals surface area contributed by atoms with Crippen LogP contribution < -0.4 is 15.4 Å². The minimum Gasteiger partial charge on any atom is -0.494 e. The molecule has 7 nitrogen and oxygen atoms in total. The molecule has 0 radical (unpaired) electrons. The number of benzene rings is 1. The first-order chi connectivity index (χ1) is 15.2. The highest BCUT2D eigenvalue weighted by Crippen LogP contribution is 2.16. The number of aromatic nitrogens is 1. The highest BCUT2D eigenvalue weighted by molar-refractivity contribution is 7.80. The molecule has 1 fully saturated rings. The molecule has 0 saturated carbocycles. The van der Waals surface area contributed by atoms with Gasteiger partial charge in [-0.1, -0.05) is 19.8 Å². The molecular formula is C23H30N4O3S. The van der Waals surface area contributed by atoms with Crippen molar-refractivity contribution in [2.75, 3.05) is 38.2 Å². The van der Waals surface area contributed by atoms with E-state index in [0.717, 1.165) is 36.6 Å². The normalized spacial score (nSPS) is 14.1. The summed E-state index contributed by atoms with van der Waals surface area (Å²) in [6.45, 7) is 6.54. The molecule has 31 heavy (non-hydrogen) atoms. The molecule has 1 aliphatic heterocycles. The molecule has 2 aromatic rings. The minimum atomic E-state index is -0.273. The molecule has 1 amide bonds. The zero-order valence-corrected chi connectivity index (χ0v) is 18.7. The fraction of sp³-hybridized carbons (Fsp3) is 0.435. The average Bonchev–Trinajstić information content (AvgIpc) is 2.79. The van der Waals surface area contributed by atoms with Gasteiger partial charge in [0.25, 0.3) is 5.91 Å². The largest absolute Gasteiger partial charge is 0.494 e. The zero-order valence-electron chi connectivity index (χ0n) is 17.9. The first-order valence-electron chi connectivity index (χ1n) is 10.7. The standard InChI is InChI=1S/C23H30N4O3S/c1-2-3-4-14-30-19-9-7-18(8-10-19)25-23(31)26-22(28)20-6-5-11-24-21(20)17-27-12-15-29-16-13-27/h5-11H,2-4,12-17H2,1H3,(H2,25,26,28,31). The van der Waals surface area contributed by atoms with Crippen LogP contribution in [-0.2, 0) is 11.3 Å². The summed E-state index contributed by atoms with van der Waals surface area (Å²) in [5.74, 6) is 0.546. The Morgan fingerprint density at radius 2 is 1.97 bits per heavy atom. The van der Waals surface area contributed by atoms with E-state index in [9.17, 15) is 4.79 Å². The lowest BCUT2D eigenvalue weighted by atomic mass is 10.1. The Balaban J connectivity index is 1.52. The fourth-order valence-electron chi connectivity index (χ4n) is 3.25. The van der Waals surface area contributed by atoms with E-state index in [1.807, 2.05) is 24.3 Å². The van der Waals surface area contributed by atoms with Crippen LogP contribution in [0.1, 0.15) is 42.2 Å². The Morgan fingerprint density at radius 3 is 2.71 bits per heavy atom. The number of anilines is 1. The van der Waals surface area contributed by atoms with Gasteiger partial charge in [0.1, 0.15) is 5.75 Å². The second kappa shape index (κ2) is 12.3. The number of pyridine rings is 1. The van der Waals surface area contributed by atoms with Crippen molar-refractivity contribution >= 4 is 28.9 Å². The van der Waals surface area contributed by atoms with Gasteiger partial charge in [-0.25, -0.2) is 0 Å². The monoisotopic (exact) mass is 442 g/mol. The molecule has 2 N–H and O–H groups in total. The second-order valence-electron chi connectivity index (χ2n) is 7.37. The lowest BCUT2D eigenvalue weighted by molar-refractivity contribution is 0.0335. The van der Waals surface area contributed by atoms with Crippen molar-refractivity contribution in [3.05, 3.63) is 53.9 Å². The van der Waals surface area contributed by atoms with E-state index in [2.05, 4.69) is 27.4 Å². The molecule has 0 aliphatic carbocycles. The van der Waals surface area contributed by atoms with Crippen LogP contribution >= 0.6 is 12.2 Å². The Bertz CT molecular complexity index is 854. The van der Waals surface area contributed by atoms with Crippen LogP contribution in [0.2, 0.25) is 0 Å². The number of ether oxygens (including phenoxy) is 2. The summed E-state index contributed by atoms with van der Waals surface area (Å²) < 4.78 is 11.1. The number of hydrogen-bond acceptors (Lipinski definition) is 6. The first kappa shape index (κ1) is 23.1. The quantitative estimate of drug-likeness (QED) is 0.454. The number of unbranched alkanes of at least 4 members (excludes halogenated alkanes) is 2. The molecule has 166 valence electrons. The smallest absolute Gasteiger partial charge is 0.259 e. The maximum Gasteiger partial charge on any atom is 0.259 e. The van der Waals surface area contributed by atoms with Crippen molar-refractivity contribution in [3.8, 4) is 5.75 Å².